The number of rotatable bonds is 3. The quantitative estimate of drug-likeness (QED) is 0.785. The van der Waals surface area contributed by atoms with Crippen LogP contribution in [0.2, 0.25) is 5.02 Å². The Kier molecular flexibility index (Phi) is 5.06. The number of sulfone groups is 1. The fourth-order valence-electron chi connectivity index (χ4n) is 4.08. The van der Waals surface area contributed by atoms with Crippen molar-refractivity contribution in [1.82, 2.24) is 9.88 Å². The first kappa shape index (κ1) is 17.7. The zero-order valence-corrected chi connectivity index (χ0v) is 16.5. The molecule has 0 amide bonds. The van der Waals surface area contributed by atoms with Gasteiger partial charge in [0.25, 0.3) is 0 Å². The lowest BCUT2D eigenvalue weighted by molar-refractivity contribution is 0.183. The molecule has 1 aromatic heterocycles. The van der Waals surface area contributed by atoms with Crippen LogP contribution < -0.4 is 0 Å². The minimum atomic E-state index is -2.80. The molecule has 3 heterocycles. The van der Waals surface area contributed by atoms with Gasteiger partial charge < -0.3 is 4.90 Å². The van der Waals surface area contributed by atoms with Crippen molar-refractivity contribution < 1.29 is 8.42 Å². The lowest BCUT2D eigenvalue weighted by Gasteiger charge is -2.34. The summed E-state index contributed by atoms with van der Waals surface area (Å²) in [7, 11) is -2.80. The summed E-state index contributed by atoms with van der Waals surface area (Å²) in [6, 6.07) is 5.92. The van der Waals surface area contributed by atoms with Crippen molar-refractivity contribution >= 4 is 43.0 Å². The van der Waals surface area contributed by atoms with Crippen LogP contribution in [-0.4, -0.2) is 49.4 Å². The standard InChI is InChI=1S/C18H23ClN2O2S2/c19-15-3-4-17-16(10-15)20-18(24-17)14-5-7-21(8-6-14)11-13-2-1-9-25(22,23)12-13/h3-4,10,13-14H,1-2,5-9,11-12H2. The van der Waals surface area contributed by atoms with Crippen LogP contribution in [0.25, 0.3) is 10.2 Å². The number of halogens is 1. The Bertz CT molecular complexity index is 857. The Hall–Kier alpha value is -0.690. The molecule has 4 nitrogen and oxygen atoms in total. The Balaban J connectivity index is 1.36. The zero-order valence-electron chi connectivity index (χ0n) is 14.2. The van der Waals surface area contributed by atoms with Crippen molar-refractivity contribution in [2.24, 2.45) is 5.92 Å². The second-order valence-corrected chi connectivity index (χ2v) is 11.1. The molecule has 1 atom stereocenters. The molecular weight excluding hydrogens is 376 g/mol. The largest absolute Gasteiger partial charge is 0.303 e. The zero-order chi connectivity index (χ0) is 17.4. The molecule has 0 N–H and O–H groups in total. The third-order valence-corrected chi connectivity index (χ3v) is 8.70. The van der Waals surface area contributed by atoms with E-state index in [1.807, 2.05) is 12.1 Å². The van der Waals surface area contributed by atoms with E-state index in [0.29, 0.717) is 23.3 Å². The van der Waals surface area contributed by atoms with Gasteiger partial charge in [0.05, 0.1) is 26.7 Å². The number of fused-ring (bicyclic) bond motifs is 1. The van der Waals surface area contributed by atoms with Crippen LogP contribution >= 0.6 is 22.9 Å². The SMILES string of the molecule is O=S1(=O)CCCC(CN2CCC(c3nc4cc(Cl)ccc4s3)CC2)C1. The van der Waals surface area contributed by atoms with Crippen LogP contribution in [0.3, 0.4) is 0 Å². The number of aromatic nitrogens is 1. The molecule has 25 heavy (non-hydrogen) atoms. The molecule has 2 aromatic rings. The summed E-state index contributed by atoms with van der Waals surface area (Å²) in [5, 5.41) is 1.96. The van der Waals surface area contributed by atoms with E-state index in [4.69, 9.17) is 16.6 Å². The van der Waals surface area contributed by atoms with Crippen molar-refractivity contribution in [3.05, 3.63) is 28.2 Å². The van der Waals surface area contributed by atoms with Crippen LogP contribution in [0.5, 0.6) is 0 Å². The highest BCUT2D eigenvalue weighted by Gasteiger charge is 2.29. The molecule has 1 aromatic carbocycles. The van der Waals surface area contributed by atoms with E-state index >= 15 is 0 Å². The van der Waals surface area contributed by atoms with Crippen LogP contribution in [-0.2, 0) is 9.84 Å². The van der Waals surface area contributed by atoms with Gasteiger partial charge in [-0.3, -0.25) is 0 Å². The number of benzene rings is 1. The molecule has 2 saturated heterocycles. The van der Waals surface area contributed by atoms with Gasteiger partial charge in [0.15, 0.2) is 9.84 Å². The molecule has 0 spiro atoms. The van der Waals surface area contributed by atoms with E-state index < -0.39 is 9.84 Å². The molecule has 2 aliphatic rings. The highest BCUT2D eigenvalue weighted by atomic mass is 35.5. The lowest BCUT2D eigenvalue weighted by Crippen LogP contribution is -2.40. The monoisotopic (exact) mass is 398 g/mol. The minimum Gasteiger partial charge on any atom is -0.303 e. The van der Waals surface area contributed by atoms with Crippen molar-refractivity contribution in [2.45, 2.75) is 31.6 Å². The summed E-state index contributed by atoms with van der Waals surface area (Å²) in [4.78, 5) is 7.24. The van der Waals surface area contributed by atoms with E-state index in [0.717, 1.165) is 55.9 Å². The Morgan fingerprint density at radius 3 is 2.80 bits per heavy atom. The van der Waals surface area contributed by atoms with Crippen molar-refractivity contribution in [2.75, 3.05) is 31.1 Å². The second-order valence-electron chi connectivity index (χ2n) is 7.36. The van der Waals surface area contributed by atoms with Gasteiger partial charge >= 0.3 is 0 Å². The second kappa shape index (κ2) is 7.14. The van der Waals surface area contributed by atoms with Gasteiger partial charge in [-0.05, 0) is 62.9 Å². The van der Waals surface area contributed by atoms with Gasteiger partial charge in [0.1, 0.15) is 0 Å². The van der Waals surface area contributed by atoms with Crippen LogP contribution in [0.4, 0.5) is 0 Å². The van der Waals surface area contributed by atoms with Gasteiger partial charge in [-0.2, -0.15) is 0 Å². The molecule has 7 heteroatoms. The molecule has 2 fully saturated rings. The summed E-state index contributed by atoms with van der Waals surface area (Å²) in [6.45, 7) is 3.01. The van der Waals surface area contributed by atoms with E-state index in [9.17, 15) is 8.42 Å². The maximum Gasteiger partial charge on any atom is 0.150 e. The van der Waals surface area contributed by atoms with Gasteiger partial charge in [-0.25, -0.2) is 13.4 Å². The molecule has 1 unspecified atom stereocenters. The van der Waals surface area contributed by atoms with E-state index in [-0.39, 0.29) is 0 Å². The molecular formula is C18H23ClN2O2S2. The molecule has 0 radical (unpaired) electrons. The molecule has 4 rings (SSSR count). The van der Waals surface area contributed by atoms with Crippen molar-refractivity contribution in [3.8, 4) is 0 Å². The number of likely N-dealkylation sites (tertiary alicyclic amines) is 1. The Morgan fingerprint density at radius 1 is 1.24 bits per heavy atom. The fraction of sp³-hybridized carbons (Fsp3) is 0.611. The Morgan fingerprint density at radius 2 is 2.04 bits per heavy atom. The van der Waals surface area contributed by atoms with E-state index in [1.54, 1.807) is 11.3 Å². The third kappa shape index (κ3) is 4.18. The van der Waals surface area contributed by atoms with Gasteiger partial charge in [-0.15, -0.1) is 11.3 Å². The van der Waals surface area contributed by atoms with Crippen molar-refractivity contribution in [3.63, 3.8) is 0 Å². The highest BCUT2D eigenvalue weighted by Crippen LogP contribution is 2.35. The predicted molar refractivity (Wildman–Crippen MR) is 104 cm³/mol. The summed E-state index contributed by atoms with van der Waals surface area (Å²) >= 11 is 7.84. The smallest absolute Gasteiger partial charge is 0.150 e. The first-order chi connectivity index (χ1) is 12.0. The first-order valence-corrected chi connectivity index (χ1v) is 12.0. The minimum absolute atomic E-state index is 0.319. The van der Waals surface area contributed by atoms with E-state index in [2.05, 4.69) is 11.0 Å². The molecule has 2 aliphatic heterocycles. The average Bonchev–Trinajstić information content (AvgIpc) is 2.97. The summed E-state index contributed by atoms with van der Waals surface area (Å²) < 4.78 is 24.8. The lowest BCUT2D eigenvalue weighted by atomic mass is 9.96. The van der Waals surface area contributed by atoms with Gasteiger partial charge in [0.2, 0.25) is 0 Å². The van der Waals surface area contributed by atoms with Crippen LogP contribution in [0.15, 0.2) is 18.2 Å². The van der Waals surface area contributed by atoms with E-state index in [1.165, 1.54) is 9.71 Å². The number of hydrogen-bond donors (Lipinski definition) is 0. The summed E-state index contributed by atoms with van der Waals surface area (Å²) in [5.41, 5.74) is 1.00. The highest BCUT2D eigenvalue weighted by molar-refractivity contribution is 7.91. The van der Waals surface area contributed by atoms with Gasteiger partial charge in [0, 0.05) is 17.5 Å². The molecule has 0 aliphatic carbocycles. The molecule has 0 bridgehead atoms. The average molecular weight is 399 g/mol. The number of piperidine rings is 1. The Labute approximate surface area is 158 Å². The fourth-order valence-corrected chi connectivity index (χ4v) is 7.13. The maximum atomic E-state index is 11.8. The van der Waals surface area contributed by atoms with Crippen LogP contribution in [0, 0.1) is 5.92 Å². The number of thiazole rings is 1. The molecule has 0 saturated carbocycles. The predicted octanol–water partition coefficient (Wildman–Crippen LogP) is 3.95. The maximum absolute atomic E-state index is 11.8. The number of nitrogens with zero attached hydrogens (tertiary/aromatic N) is 2. The van der Waals surface area contributed by atoms with Crippen LogP contribution in [0.1, 0.15) is 36.6 Å². The normalized spacial score (nSPS) is 25.4. The van der Waals surface area contributed by atoms with Gasteiger partial charge in [-0.1, -0.05) is 11.6 Å². The number of hydrogen-bond acceptors (Lipinski definition) is 5. The topological polar surface area (TPSA) is 50.3 Å². The summed E-state index contributed by atoms with van der Waals surface area (Å²) in [6.07, 6.45) is 4.09. The van der Waals surface area contributed by atoms with Crippen molar-refractivity contribution in [1.29, 1.82) is 0 Å². The first-order valence-electron chi connectivity index (χ1n) is 8.97. The summed E-state index contributed by atoms with van der Waals surface area (Å²) in [5.74, 6) is 1.60. The third-order valence-electron chi connectivity index (χ3n) is 5.38. The molecule has 136 valence electrons.